The van der Waals surface area contributed by atoms with E-state index in [4.69, 9.17) is 5.73 Å². The van der Waals surface area contributed by atoms with E-state index in [0.717, 1.165) is 78.3 Å². The van der Waals surface area contributed by atoms with Crippen molar-refractivity contribution in [3.8, 4) is 0 Å². The molecule has 0 aliphatic rings. The molecular weight excluding hydrogens is 384 g/mol. The van der Waals surface area contributed by atoms with Crippen LogP contribution < -0.4 is 32.3 Å². The van der Waals surface area contributed by atoms with E-state index in [9.17, 15) is 0 Å². The number of hydrogen-bond acceptors (Lipinski definition) is 6. The Morgan fingerprint density at radius 2 is 0.968 bits per heavy atom. The zero-order chi connectivity index (χ0) is 23.0. The second-order valence-electron chi connectivity index (χ2n) is 8.45. The Labute approximate surface area is 193 Å². The molecule has 7 N–H and O–H groups in total. The summed E-state index contributed by atoms with van der Waals surface area (Å²) in [7, 11) is 0. The molecular formula is C25H52N6. The molecule has 0 aliphatic carbocycles. The molecule has 0 fully saturated rings. The van der Waals surface area contributed by atoms with E-state index in [1.54, 1.807) is 0 Å². The second kappa shape index (κ2) is 23.6. The molecule has 0 bridgehead atoms. The molecule has 182 valence electrons. The van der Waals surface area contributed by atoms with E-state index < -0.39 is 0 Å². The van der Waals surface area contributed by atoms with E-state index in [0.29, 0.717) is 6.54 Å². The first kappa shape index (κ1) is 30.0. The van der Waals surface area contributed by atoms with Gasteiger partial charge in [0.1, 0.15) is 0 Å². The lowest BCUT2D eigenvalue weighted by Crippen LogP contribution is -2.37. The molecule has 0 spiro atoms. The average Bonchev–Trinajstić information content (AvgIpc) is 2.73. The molecule has 0 aromatic heterocycles. The zero-order valence-electron chi connectivity index (χ0n) is 20.9. The van der Waals surface area contributed by atoms with Crippen LogP contribution in [0.1, 0.15) is 53.4 Å². The summed E-state index contributed by atoms with van der Waals surface area (Å²) < 4.78 is 0. The van der Waals surface area contributed by atoms with Gasteiger partial charge in [0.25, 0.3) is 0 Å². The highest BCUT2D eigenvalue weighted by Crippen LogP contribution is 2.11. The van der Waals surface area contributed by atoms with Gasteiger partial charge in [-0.1, -0.05) is 34.9 Å². The highest BCUT2D eigenvalue weighted by molar-refractivity contribution is 5.05. The van der Waals surface area contributed by atoms with Gasteiger partial charge in [-0.2, -0.15) is 0 Å². The van der Waals surface area contributed by atoms with Gasteiger partial charge >= 0.3 is 0 Å². The van der Waals surface area contributed by atoms with Gasteiger partial charge in [-0.15, -0.1) is 0 Å². The normalized spacial score (nSPS) is 12.4. The van der Waals surface area contributed by atoms with Crippen molar-refractivity contribution in [2.75, 3.05) is 72.0 Å². The summed E-state index contributed by atoms with van der Waals surface area (Å²) in [6, 6.07) is 0. The van der Waals surface area contributed by atoms with Crippen LogP contribution in [0.5, 0.6) is 0 Å². The topological polar surface area (TPSA) is 86.2 Å². The van der Waals surface area contributed by atoms with Crippen LogP contribution in [-0.4, -0.2) is 72.0 Å². The lowest BCUT2D eigenvalue weighted by atomic mass is 10.1. The molecule has 0 aromatic carbocycles. The van der Waals surface area contributed by atoms with Crippen LogP contribution in [0, 0.1) is 0 Å². The highest BCUT2D eigenvalue weighted by atomic mass is 15.0. The van der Waals surface area contributed by atoms with Crippen LogP contribution in [0.25, 0.3) is 0 Å². The third kappa shape index (κ3) is 25.1. The monoisotopic (exact) mass is 436 g/mol. The minimum absolute atomic E-state index is 0.704. The van der Waals surface area contributed by atoms with Crippen molar-refractivity contribution in [3.05, 3.63) is 34.9 Å². The third-order valence-electron chi connectivity index (χ3n) is 4.95. The summed E-state index contributed by atoms with van der Waals surface area (Å²) in [6.07, 6.45) is 11.7. The second-order valence-corrected chi connectivity index (χ2v) is 8.45. The molecule has 0 heterocycles. The van der Waals surface area contributed by atoms with Gasteiger partial charge in [-0.25, -0.2) is 0 Å². The summed E-state index contributed by atoms with van der Waals surface area (Å²) in [4.78, 5) is 0. The fourth-order valence-corrected chi connectivity index (χ4v) is 3.00. The quantitative estimate of drug-likeness (QED) is 0.115. The number of allylic oxidation sites excluding steroid dienone is 5. The Bertz CT molecular complexity index is 480. The third-order valence-corrected chi connectivity index (χ3v) is 4.95. The van der Waals surface area contributed by atoms with Crippen molar-refractivity contribution in [1.82, 2.24) is 26.6 Å². The largest absolute Gasteiger partial charge is 0.329 e. The maximum atomic E-state index is 5.43. The molecule has 31 heavy (non-hydrogen) atoms. The minimum Gasteiger partial charge on any atom is -0.329 e. The van der Waals surface area contributed by atoms with Crippen LogP contribution in [0.3, 0.4) is 0 Å². The summed E-state index contributed by atoms with van der Waals surface area (Å²) in [5.41, 5.74) is 9.83. The maximum Gasteiger partial charge on any atom is 0.0137 e. The molecule has 0 radical (unpaired) electrons. The Balaban J connectivity index is 3.41. The van der Waals surface area contributed by atoms with Gasteiger partial charge in [0.15, 0.2) is 0 Å². The summed E-state index contributed by atoms with van der Waals surface area (Å²) in [6.45, 7) is 19.4. The lowest BCUT2D eigenvalue weighted by Gasteiger charge is -2.08. The molecule has 0 aromatic rings. The van der Waals surface area contributed by atoms with Gasteiger partial charge < -0.3 is 32.3 Å². The van der Waals surface area contributed by atoms with Crippen LogP contribution in [0.4, 0.5) is 0 Å². The lowest BCUT2D eigenvalue weighted by molar-refractivity contribution is 0.562. The Morgan fingerprint density at radius 3 is 1.45 bits per heavy atom. The standard InChI is InChI=1S/C25H52N6/c1-23(2)7-5-8-24(3)9-6-10-25(4)11-13-27-15-17-29-19-21-31-22-20-30-18-16-28-14-12-26/h7,9,11,27-31H,5-6,8,10,12-22,26H2,1-4H3/b24-9+,25-11+. The van der Waals surface area contributed by atoms with Crippen molar-refractivity contribution < 1.29 is 0 Å². The summed E-state index contributed by atoms with van der Waals surface area (Å²) >= 11 is 0. The van der Waals surface area contributed by atoms with Crippen molar-refractivity contribution in [1.29, 1.82) is 0 Å². The van der Waals surface area contributed by atoms with Gasteiger partial charge in [0.2, 0.25) is 0 Å². The summed E-state index contributed by atoms with van der Waals surface area (Å²) in [5.74, 6) is 0. The first-order chi connectivity index (χ1) is 15.1. The van der Waals surface area contributed by atoms with E-state index in [1.807, 2.05) is 0 Å². The molecule has 0 rings (SSSR count). The van der Waals surface area contributed by atoms with E-state index in [1.165, 1.54) is 29.6 Å². The highest BCUT2D eigenvalue weighted by Gasteiger charge is 1.93. The SMILES string of the molecule is CC(C)=CCC/C(C)=C/CC/C(C)=C/CNCCNCCNCCNCCNCCN. The number of nitrogens with two attached hydrogens (primary N) is 1. The predicted octanol–water partition coefficient (Wildman–Crippen LogP) is 2.31. The minimum atomic E-state index is 0.704. The molecule has 6 nitrogen and oxygen atoms in total. The Kier molecular flexibility index (Phi) is 22.9. The van der Waals surface area contributed by atoms with Crippen molar-refractivity contribution >= 4 is 0 Å². The molecule has 0 amide bonds. The molecule has 0 saturated carbocycles. The first-order valence-electron chi connectivity index (χ1n) is 12.2. The van der Waals surface area contributed by atoms with Crippen LogP contribution in [0.2, 0.25) is 0 Å². The fourth-order valence-electron chi connectivity index (χ4n) is 3.00. The number of nitrogens with one attached hydrogen (secondary N) is 5. The molecule has 0 saturated heterocycles. The molecule has 0 atom stereocenters. The predicted molar refractivity (Wildman–Crippen MR) is 139 cm³/mol. The summed E-state index contributed by atoms with van der Waals surface area (Å²) in [5, 5.41) is 17.1. The molecule has 0 unspecified atom stereocenters. The van der Waals surface area contributed by atoms with Gasteiger partial charge in [0, 0.05) is 72.0 Å². The smallest absolute Gasteiger partial charge is 0.0137 e. The molecule has 0 aliphatic heterocycles. The van der Waals surface area contributed by atoms with Crippen LogP contribution in [-0.2, 0) is 0 Å². The van der Waals surface area contributed by atoms with Gasteiger partial charge in [-0.3, -0.25) is 0 Å². The Hall–Kier alpha value is -1.02. The van der Waals surface area contributed by atoms with Crippen molar-refractivity contribution in [2.24, 2.45) is 5.73 Å². The number of rotatable bonds is 22. The zero-order valence-corrected chi connectivity index (χ0v) is 20.9. The molecule has 6 heteroatoms. The van der Waals surface area contributed by atoms with Gasteiger partial charge in [0.05, 0.1) is 0 Å². The van der Waals surface area contributed by atoms with Gasteiger partial charge in [-0.05, 0) is 53.4 Å². The fraction of sp³-hybridized carbons (Fsp3) is 0.760. The van der Waals surface area contributed by atoms with Crippen molar-refractivity contribution in [2.45, 2.75) is 53.4 Å². The maximum absolute atomic E-state index is 5.43. The van der Waals surface area contributed by atoms with E-state index >= 15 is 0 Å². The average molecular weight is 437 g/mol. The van der Waals surface area contributed by atoms with Crippen LogP contribution in [0.15, 0.2) is 34.9 Å². The Morgan fingerprint density at radius 1 is 0.548 bits per heavy atom. The van der Waals surface area contributed by atoms with E-state index in [-0.39, 0.29) is 0 Å². The van der Waals surface area contributed by atoms with Crippen molar-refractivity contribution in [3.63, 3.8) is 0 Å². The first-order valence-corrected chi connectivity index (χ1v) is 12.2. The number of hydrogen-bond donors (Lipinski definition) is 6. The van der Waals surface area contributed by atoms with Crippen LogP contribution >= 0.6 is 0 Å². The van der Waals surface area contributed by atoms with E-state index in [2.05, 4.69) is 72.5 Å².